The van der Waals surface area contributed by atoms with Crippen LogP contribution < -0.4 is 20.3 Å². The second-order valence-electron chi connectivity index (χ2n) is 19.8. The Morgan fingerprint density at radius 1 is 0.949 bits per heavy atom. The maximum Gasteiger partial charge on any atom is 0.341 e. The number of carbonyl (C=O) groups excluding carboxylic acids is 2. The number of aromatic nitrogens is 2. The molecule has 0 bridgehead atoms. The SMILES string of the molecule is C=C(F)C(=O)N1CCN(c2nc(OC[C@@H]3CCCN3CCCOCCOCCN(C)C(=O)N3N=C(c4cc(F)ccc4F)S[C@@]3(CCCN)c3ccccc3)nc3c2CCN(c2cccc4cccc(Cl)c24)C3)C[C@@H]1CC#N. The number of urea groups is 1. The van der Waals surface area contributed by atoms with Crippen LogP contribution in [-0.4, -0.2) is 151 Å². The highest BCUT2D eigenvalue weighted by atomic mass is 35.5. The van der Waals surface area contributed by atoms with Crippen molar-refractivity contribution in [3.05, 3.63) is 136 Å². The lowest BCUT2D eigenvalue weighted by Gasteiger charge is -2.42. The molecule has 0 saturated carbocycles. The van der Waals surface area contributed by atoms with Gasteiger partial charge in [-0.25, -0.2) is 18.0 Å². The second kappa shape index (κ2) is 26.0. The highest BCUT2D eigenvalue weighted by molar-refractivity contribution is 8.15. The van der Waals surface area contributed by atoms with Crippen molar-refractivity contribution in [3.63, 3.8) is 0 Å². The number of carbonyl (C=O) groups is 2. The molecule has 9 rings (SSSR count). The van der Waals surface area contributed by atoms with Crippen LogP contribution in [0.3, 0.4) is 0 Å². The third kappa shape index (κ3) is 12.7. The number of thioether (sulfide) groups is 1. The van der Waals surface area contributed by atoms with Crippen LogP contribution in [0.15, 0.2) is 102 Å². The Kier molecular flexibility index (Phi) is 18.7. The van der Waals surface area contributed by atoms with E-state index in [9.17, 15) is 23.6 Å². The molecule has 0 spiro atoms. The molecular formula is C57H65ClF3N11O5S. The number of nitrogens with two attached hydrogens (primary N) is 1. The van der Waals surface area contributed by atoms with Crippen LogP contribution in [0, 0.1) is 23.0 Å². The van der Waals surface area contributed by atoms with E-state index < -0.39 is 40.3 Å². The van der Waals surface area contributed by atoms with Gasteiger partial charge in [0.15, 0.2) is 5.83 Å². The van der Waals surface area contributed by atoms with E-state index in [1.54, 1.807) is 7.05 Å². The average Bonchev–Trinajstić information content (AvgIpc) is 4.23. The predicted octanol–water partition coefficient (Wildman–Crippen LogP) is 8.86. The number of likely N-dealkylation sites (tertiary alicyclic amines) is 1. The van der Waals surface area contributed by atoms with Gasteiger partial charge in [-0.05, 0) is 92.9 Å². The molecule has 78 heavy (non-hydrogen) atoms. The number of rotatable bonds is 22. The summed E-state index contributed by atoms with van der Waals surface area (Å²) in [6.07, 6.45) is 4.39. The summed E-state index contributed by atoms with van der Waals surface area (Å²) >= 11 is 8.01. The summed E-state index contributed by atoms with van der Waals surface area (Å²) in [5.41, 5.74) is 9.53. The molecule has 2 fully saturated rings. The average molecular weight is 1110 g/mol. The van der Waals surface area contributed by atoms with Crippen LogP contribution >= 0.6 is 23.4 Å². The predicted molar refractivity (Wildman–Crippen MR) is 297 cm³/mol. The van der Waals surface area contributed by atoms with Gasteiger partial charge in [0.05, 0.1) is 55.6 Å². The molecule has 21 heteroatoms. The largest absolute Gasteiger partial charge is 0.462 e. The summed E-state index contributed by atoms with van der Waals surface area (Å²) in [7, 11) is 1.66. The first kappa shape index (κ1) is 56.3. The molecule has 0 aliphatic carbocycles. The molecule has 3 atom stereocenters. The number of anilines is 2. The van der Waals surface area contributed by atoms with Crippen LogP contribution in [0.25, 0.3) is 10.8 Å². The van der Waals surface area contributed by atoms with E-state index in [2.05, 4.69) is 38.5 Å². The minimum absolute atomic E-state index is 0.0193. The summed E-state index contributed by atoms with van der Waals surface area (Å²) in [6, 6.07) is 26.2. The summed E-state index contributed by atoms with van der Waals surface area (Å²) < 4.78 is 62.0. The number of benzene rings is 4. The lowest BCUT2D eigenvalue weighted by Crippen LogP contribution is -2.55. The number of likely N-dealkylation sites (N-methyl/N-ethyl adjacent to an activating group) is 1. The maximum atomic E-state index is 15.1. The van der Waals surface area contributed by atoms with Crippen molar-refractivity contribution in [1.29, 1.82) is 5.26 Å². The first-order valence-corrected chi connectivity index (χ1v) is 27.7. The first-order chi connectivity index (χ1) is 37.9. The smallest absolute Gasteiger partial charge is 0.341 e. The Morgan fingerprint density at radius 3 is 2.53 bits per heavy atom. The molecule has 4 aliphatic heterocycles. The zero-order chi connectivity index (χ0) is 54.8. The fraction of sp³-hybridized carbons (Fsp3) is 0.439. The molecule has 16 nitrogen and oxygen atoms in total. The molecule has 0 unspecified atom stereocenters. The van der Waals surface area contributed by atoms with Gasteiger partial charge in [0.25, 0.3) is 5.91 Å². The highest BCUT2D eigenvalue weighted by Crippen LogP contribution is 2.51. The van der Waals surface area contributed by atoms with Gasteiger partial charge in [-0.15, -0.1) is 0 Å². The van der Waals surface area contributed by atoms with Crippen LogP contribution in [0.2, 0.25) is 5.02 Å². The van der Waals surface area contributed by atoms with Gasteiger partial charge in [0.2, 0.25) is 0 Å². The van der Waals surface area contributed by atoms with Gasteiger partial charge < -0.3 is 39.5 Å². The van der Waals surface area contributed by atoms with Crippen molar-refractivity contribution in [2.75, 3.05) is 102 Å². The van der Waals surface area contributed by atoms with Gasteiger partial charge >= 0.3 is 12.0 Å². The van der Waals surface area contributed by atoms with Gasteiger partial charge in [-0.1, -0.05) is 84.5 Å². The van der Waals surface area contributed by atoms with Crippen molar-refractivity contribution < 1.29 is 37.0 Å². The number of hydrazone groups is 1. The Balaban J connectivity index is 0.777. The van der Waals surface area contributed by atoms with Crippen molar-refractivity contribution in [1.82, 2.24) is 29.7 Å². The van der Waals surface area contributed by atoms with E-state index in [0.29, 0.717) is 82.7 Å². The van der Waals surface area contributed by atoms with Crippen LogP contribution in [-0.2, 0) is 32.1 Å². The molecule has 5 aromatic rings. The van der Waals surface area contributed by atoms with Crippen molar-refractivity contribution in [2.24, 2.45) is 10.8 Å². The number of amides is 3. The Bertz CT molecular complexity index is 3030. The van der Waals surface area contributed by atoms with Crippen molar-refractivity contribution >= 4 is 62.6 Å². The molecular weight excluding hydrogens is 1040 g/mol. The van der Waals surface area contributed by atoms with E-state index in [-0.39, 0.29) is 55.3 Å². The minimum atomic E-state index is -1.05. The number of nitriles is 1. The number of hydrogen-bond acceptors (Lipinski definition) is 14. The van der Waals surface area contributed by atoms with E-state index >= 15 is 4.39 Å². The van der Waals surface area contributed by atoms with Crippen LogP contribution in [0.5, 0.6) is 6.01 Å². The standard InChI is InChI=1S/C57H65ClF3N11O5S/c1-39(59)54(73)71-29-28-70(36-43(71)20-24-63)52-45-21-27-69(50-17-7-12-40-11-6-16-47(58)51(40)50)37-49(45)64-55(65-52)77-38-44-15-8-25-68(44)26-10-31-75-33-34-76-32-30-67(2)56(74)72-57(22-9-23-62,41-13-4-3-5-14-41)78-53(66-72)46-35-42(60)18-19-48(46)61/h3-7,11-14,16-19,35,43-44H,1,8-10,15,20-23,25-34,36-38,62H2,2H3/t43-,44-,57-/m0/s1. The quantitative estimate of drug-likeness (QED) is 0.0516. The molecule has 3 amide bonds. The number of fused-ring (bicyclic) bond motifs is 2. The lowest BCUT2D eigenvalue weighted by molar-refractivity contribution is -0.131. The number of piperazine rings is 1. The van der Waals surface area contributed by atoms with Gasteiger partial charge in [0.1, 0.15) is 34.0 Å². The highest BCUT2D eigenvalue weighted by Gasteiger charge is 2.49. The van der Waals surface area contributed by atoms with Crippen LogP contribution in [0.1, 0.15) is 60.9 Å². The van der Waals surface area contributed by atoms with E-state index in [1.165, 1.54) is 26.6 Å². The molecule has 0 radical (unpaired) electrons. The molecule has 5 heterocycles. The number of hydrogen-bond donors (Lipinski definition) is 1. The monoisotopic (exact) mass is 1110 g/mol. The van der Waals surface area contributed by atoms with Crippen molar-refractivity contribution in [3.8, 4) is 12.1 Å². The number of nitrogens with zero attached hydrogens (tertiary/aromatic N) is 10. The first-order valence-electron chi connectivity index (χ1n) is 26.5. The van der Waals surface area contributed by atoms with Gasteiger partial charge in [0, 0.05) is 81.2 Å². The Hall–Kier alpha value is -6.47. The zero-order valence-corrected chi connectivity index (χ0v) is 45.4. The number of ether oxygens (including phenoxy) is 3. The van der Waals surface area contributed by atoms with Gasteiger partial charge in [-0.2, -0.15) is 25.3 Å². The van der Waals surface area contributed by atoms with Crippen LogP contribution in [0.4, 0.5) is 29.5 Å². The summed E-state index contributed by atoms with van der Waals surface area (Å²) in [5, 5.41) is 18.6. The lowest BCUT2D eigenvalue weighted by atomic mass is 10.0. The van der Waals surface area contributed by atoms with E-state index in [1.807, 2.05) is 60.7 Å². The molecule has 4 aliphatic rings. The Morgan fingerprint density at radius 2 is 1.74 bits per heavy atom. The second-order valence-corrected chi connectivity index (χ2v) is 21.5. The molecule has 1 aromatic heterocycles. The number of halogens is 4. The third-order valence-electron chi connectivity index (χ3n) is 14.8. The molecule has 412 valence electrons. The fourth-order valence-corrected chi connectivity index (χ4v) is 12.5. The summed E-state index contributed by atoms with van der Waals surface area (Å²) in [6.45, 7) is 9.40. The van der Waals surface area contributed by atoms with Crippen molar-refractivity contribution in [2.45, 2.75) is 68.4 Å². The summed E-state index contributed by atoms with van der Waals surface area (Å²) in [4.78, 5) is 45.7. The topological polar surface area (TPSA) is 169 Å². The zero-order valence-electron chi connectivity index (χ0n) is 43.8. The minimum Gasteiger partial charge on any atom is -0.462 e. The third-order valence-corrected chi connectivity index (χ3v) is 16.5. The van der Waals surface area contributed by atoms with Gasteiger partial charge in [-0.3, -0.25) is 9.69 Å². The van der Waals surface area contributed by atoms with E-state index in [4.69, 9.17) is 41.5 Å². The fourth-order valence-electron chi connectivity index (χ4n) is 10.8. The molecule has 4 aromatic carbocycles. The van der Waals surface area contributed by atoms with E-state index in [0.717, 1.165) is 83.8 Å². The normalized spacial score (nSPS) is 19.5. The molecule has 2 N–H and O–H groups in total. The Labute approximate surface area is 462 Å². The maximum absolute atomic E-state index is 15.1. The molecule has 2 saturated heterocycles. The summed E-state index contributed by atoms with van der Waals surface area (Å²) in [5.74, 6) is -2.41.